The molecule has 0 aliphatic rings. The topological polar surface area (TPSA) is 103 Å². The quantitative estimate of drug-likeness (QED) is 0.296. The van der Waals surface area contributed by atoms with Gasteiger partial charge >= 0.3 is 0 Å². The van der Waals surface area contributed by atoms with Crippen molar-refractivity contribution >= 4 is 29.0 Å². The normalized spacial score (nSPS) is 12.4. The van der Waals surface area contributed by atoms with Gasteiger partial charge in [0.25, 0.3) is 5.69 Å². The Kier molecular flexibility index (Phi) is 6.98. The van der Waals surface area contributed by atoms with E-state index in [0.29, 0.717) is 11.7 Å². The number of anilines is 1. The molecular formula is C23H27N5O3S. The summed E-state index contributed by atoms with van der Waals surface area (Å²) in [7, 11) is 0. The van der Waals surface area contributed by atoms with Gasteiger partial charge in [0.2, 0.25) is 5.91 Å². The minimum Gasteiger partial charge on any atom is -0.319 e. The number of hydrogen-bond acceptors (Lipinski definition) is 6. The zero-order valence-corrected chi connectivity index (χ0v) is 19.6. The summed E-state index contributed by atoms with van der Waals surface area (Å²) < 4.78 is 1.96. The van der Waals surface area contributed by atoms with Gasteiger partial charge in [0, 0.05) is 18.2 Å². The lowest BCUT2D eigenvalue weighted by atomic mass is 9.87. The predicted octanol–water partition coefficient (Wildman–Crippen LogP) is 5.29. The van der Waals surface area contributed by atoms with E-state index in [1.165, 1.54) is 29.5 Å². The summed E-state index contributed by atoms with van der Waals surface area (Å²) in [4.78, 5) is 23.4. The molecule has 0 saturated heterocycles. The maximum Gasteiger partial charge on any atom is 0.292 e. The van der Waals surface area contributed by atoms with Crippen molar-refractivity contribution in [3.05, 3.63) is 64.2 Å². The lowest BCUT2D eigenvalue weighted by molar-refractivity contribution is -0.383. The van der Waals surface area contributed by atoms with Crippen molar-refractivity contribution in [3.8, 4) is 11.4 Å². The summed E-state index contributed by atoms with van der Waals surface area (Å²) in [6.45, 7) is 10.9. The lowest BCUT2D eigenvalue weighted by Gasteiger charge is -2.19. The summed E-state index contributed by atoms with van der Waals surface area (Å²) in [5, 5.41) is 22.6. The van der Waals surface area contributed by atoms with E-state index in [1.54, 1.807) is 19.1 Å². The average Bonchev–Trinajstić information content (AvgIpc) is 3.15. The van der Waals surface area contributed by atoms with E-state index in [-0.39, 0.29) is 22.7 Å². The van der Waals surface area contributed by atoms with Crippen molar-refractivity contribution in [3.63, 3.8) is 0 Å². The third-order valence-corrected chi connectivity index (χ3v) is 6.13. The van der Waals surface area contributed by atoms with E-state index in [9.17, 15) is 14.9 Å². The van der Waals surface area contributed by atoms with E-state index in [1.807, 2.05) is 23.6 Å². The molecule has 1 atom stereocenters. The number of carbonyl (C=O) groups excluding carboxylic acids is 1. The van der Waals surface area contributed by atoms with Gasteiger partial charge in [-0.3, -0.25) is 14.9 Å². The molecule has 1 N–H and O–H groups in total. The van der Waals surface area contributed by atoms with E-state index in [2.05, 4.69) is 48.4 Å². The first kappa shape index (κ1) is 23.5. The molecule has 0 spiro atoms. The minimum atomic E-state index is -0.527. The first-order valence-corrected chi connectivity index (χ1v) is 11.2. The van der Waals surface area contributed by atoms with Gasteiger partial charge in [-0.25, -0.2) is 0 Å². The highest BCUT2D eigenvalue weighted by atomic mass is 32.2. The molecule has 8 nitrogen and oxygen atoms in total. The molecule has 0 radical (unpaired) electrons. The van der Waals surface area contributed by atoms with Crippen LogP contribution in [0.1, 0.15) is 40.2 Å². The molecule has 9 heteroatoms. The zero-order valence-electron chi connectivity index (χ0n) is 18.8. The number of amides is 1. The molecule has 32 heavy (non-hydrogen) atoms. The largest absolute Gasteiger partial charge is 0.319 e. The van der Waals surface area contributed by atoms with Gasteiger partial charge in [-0.15, -0.1) is 10.2 Å². The summed E-state index contributed by atoms with van der Waals surface area (Å²) in [5.74, 6) is 0.396. The Hall–Kier alpha value is -3.20. The molecule has 1 aromatic heterocycles. The molecule has 1 unspecified atom stereocenters. The van der Waals surface area contributed by atoms with E-state index >= 15 is 0 Å². The highest BCUT2D eigenvalue weighted by molar-refractivity contribution is 8.00. The standard InChI is InChI=1S/C23H27N5O3S/c1-6-27-20(16-11-13-17(14-12-16)23(3,4)5)25-26-22(27)32-15(2)21(29)24-18-9-7-8-10-19(18)28(30)31/h7-15H,6H2,1-5H3,(H,24,29). The van der Waals surface area contributed by atoms with Gasteiger partial charge in [-0.05, 0) is 30.9 Å². The van der Waals surface area contributed by atoms with E-state index in [0.717, 1.165) is 11.4 Å². The molecule has 1 amide bonds. The highest BCUT2D eigenvalue weighted by Gasteiger charge is 2.23. The third kappa shape index (κ3) is 5.16. The van der Waals surface area contributed by atoms with Gasteiger partial charge < -0.3 is 9.88 Å². The number of thioether (sulfide) groups is 1. The molecule has 2 aromatic carbocycles. The maximum absolute atomic E-state index is 12.7. The van der Waals surface area contributed by atoms with E-state index in [4.69, 9.17) is 0 Å². The number of benzene rings is 2. The van der Waals surface area contributed by atoms with Crippen LogP contribution in [0.2, 0.25) is 0 Å². The second-order valence-corrected chi connectivity index (χ2v) is 9.71. The smallest absolute Gasteiger partial charge is 0.292 e. The Morgan fingerprint density at radius 2 is 1.81 bits per heavy atom. The number of nitro benzene ring substituents is 1. The molecule has 3 rings (SSSR count). The number of rotatable bonds is 7. The van der Waals surface area contributed by atoms with Crippen LogP contribution in [0.15, 0.2) is 53.7 Å². The zero-order chi connectivity index (χ0) is 23.5. The molecule has 0 fully saturated rings. The molecule has 3 aromatic rings. The lowest BCUT2D eigenvalue weighted by Crippen LogP contribution is -2.23. The fourth-order valence-corrected chi connectivity index (χ4v) is 4.09. The maximum atomic E-state index is 12.7. The number of para-hydroxylation sites is 2. The number of aromatic nitrogens is 3. The Morgan fingerprint density at radius 3 is 2.41 bits per heavy atom. The number of hydrogen-bond donors (Lipinski definition) is 1. The van der Waals surface area contributed by atoms with Crippen LogP contribution in [0.25, 0.3) is 11.4 Å². The second-order valence-electron chi connectivity index (χ2n) is 8.40. The van der Waals surface area contributed by atoms with Crippen molar-refractivity contribution in [2.45, 2.75) is 57.0 Å². The van der Waals surface area contributed by atoms with Crippen LogP contribution in [0.4, 0.5) is 11.4 Å². The summed E-state index contributed by atoms with van der Waals surface area (Å²) in [6, 6.07) is 14.3. The van der Waals surface area contributed by atoms with Crippen molar-refractivity contribution in [1.82, 2.24) is 14.8 Å². The number of nitrogens with one attached hydrogen (secondary N) is 1. The third-order valence-electron chi connectivity index (χ3n) is 5.05. The Balaban J connectivity index is 1.77. The Morgan fingerprint density at radius 1 is 1.16 bits per heavy atom. The monoisotopic (exact) mass is 453 g/mol. The van der Waals surface area contributed by atoms with Crippen molar-refractivity contribution in [2.24, 2.45) is 0 Å². The minimum absolute atomic E-state index is 0.0641. The summed E-state index contributed by atoms with van der Waals surface area (Å²) in [6.07, 6.45) is 0. The van der Waals surface area contributed by atoms with Crippen molar-refractivity contribution in [2.75, 3.05) is 5.32 Å². The molecule has 1 heterocycles. The first-order chi connectivity index (χ1) is 15.1. The van der Waals surface area contributed by atoms with Crippen LogP contribution >= 0.6 is 11.8 Å². The molecule has 168 valence electrons. The Labute approximate surface area is 191 Å². The number of nitro groups is 1. The van der Waals surface area contributed by atoms with Gasteiger partial charge in [0.15, 0.2) is 11.0 Å². The summed E-state index contributed by atoms with van der Waals surface area (Å²) in [5.41, 5.74) is 2.28. The first-order valence-electron chi connectivity index (χ1n) is 10.4. The second kappa shape index (κ2) is 9.52. The van der Waals surface area contributed by atoms with Crippen LogP contribution in [-0.4, -0.2) is 30.8 Å². The molecule has 0 aliphatic carbocycles. The highest BCUT2D eigenvalue weighted by Crippen LogP contribution is 2.30. The van der Waals surface area contributed by atoms with Crippen molar-refractivity contribution in [1.29, 1.82) is 0 Å². The fourth-order valence-electron chi connectivity index (χ4n) is 3.18. The fraction of sp³-hybridized carbons (Fsp3) is 0.348. The van der Waals surface area contributed by atoms with Gasteiger partial charge in [0.1, 0.15) is 5.69 Å². The van der Waals surface area contributed by atoms with Crippen LogP contribution in [-0.2, 0) is 16.8 Å². The van der Waals surface area contributed by atoms with Gasteiger partial charge in [-0.1, -0.05) is 68.9 Å². The molecular weight excluding hydrogens is 426 g/mol. The van der Waals surface area contributed by atoms with Crippen LogP contribution < -0.4 is 5.32 Å². The van der Waals surface area contributed by atoms with Gasteiger partial charge in [-0.2, -0.15) is 0 Å². The SMILES string of the molecule is CCn1c(SC(C)C(=O)Nc2ccccc2[N+](=O)[O-])nnc1-c1ccc(C(C)(C)C)cc1. The van der Waals surface area contributed by atoms with Crippen LogP contribution in [0.3, 0.4) is 0 Å². The number of nitrogens with zero attached hydrogens (tertiary/aromatic N) is 4. The Bertz CT molecular complexity index is 1120. The van der Waals surface area contributed by atoms with Crippen LogP contribution in [0.5, 0.6) is 0 Å². The average molecular weight is 454 g/mol. The van der Waals surface area contributed by atoms with E-state index < -0.39 is 10.2 Å². The number of carbonyl (C=O) groups is 1. The molecule has 0 aliphatic heterocycles. The van der Waals surface area contributed by atoms with Crippen LogP contribution in [0, 0.1) is 10.1 Å². The van der Waals surface area contributed by atoms with Crippen molar-refractivity contribution < 1.29 is 9.72 Å². The molecule has 0 bridgehead atoms. The summed E-state index contributed by atoms with van der Waals surface area (Å²) >= 11 is 1.27. The molecule has 0 saturated carbocycles. The predicted molar refractivity (Wildman–Crippen MR) is 127 cm³/mol. The van der Waals surface area contributed by atoms with Gasteiger partial charge in [0.05, 0.1) is 10.2 Å².